The summed E-state index contributed by atoms with van der Waals surface area (Å²) in [5.41, 5.74) is 8.66. The van der Waals surface area contributed by atoms with E-state index < -0.39 is 0 Å². The summed E-state index contributed by atoms with van der Waals surface area (Å²) in [6.45, 7) is 1.99. The van der Waals surface area contributed by atoms with Crippen LogP contribution in [0.1, 0.15) is 5.82 Å². The zero-order valence-corrected chi connectivity index (χ0v) is 8.36. The summed E-state index contributed by atoms with van der Waals surface area (Å²) in [5, 5.41) is 0. The van der Waals surface area contributed by atoms with Crippen LogP contribution in [0.15, 0.2) is 30.5 Å². The van der Waals surface area contributed by atoms with Crippen molar-refractivity contribution >= 4 is 5.69 Å². The Balaban J connectivity index is 2.49. The Bertz CT molecular complexity index is 440. The number of aryl methyl sites for hydroxylation is 1. The van der Waals surface area contributed by atoms with E-state index in [0.717, 1.165) is 22.8 Å². The van der Waals surface area contributed by atoms with Crippen LogP contribution in [0.5, 0.6) is 0 Å². The molecule has 1 heterocycles. The zero-order chi connectivity index (χ0) is 10.1. The number of nitrogens with two attached hydrogens (primary N) is 1. The Morgan fingerprint density at radius 2 is 1.86 bits per heavy atom. The molecular formula is C11H13N3. The van der Waals surface area contributed by atoms with Gasteiger partial charge in [-0.3, -0.25) is 0 Å². The Kier molecular flexibility index (Phi) is 2.00. The molecule has 0 saturated heterocycles. The van der Waals surface area contributed by atoms with Crippen LogP contribution in [-0.2, 0) is 7.05 Å². The van der Waals surface area contributed by atoms with Crippen LogP contribution in [0.25, 0.3) is 11.3 Å². The minimum atomic E-state index is 0.785. The fourth-order valence-corrected chi connectivity index (χ4v) is 1.42. The summed E-state index contributed by atoms with van der Waals surface area (Å²) in [5.74, 6) is 1.01. The van der Waals surface area contributed by atoms with E-state index in [-0.39, 0.29) is 0 Å². The topological polar surface area (TPSA) is 43.8 Å². The molecule has 0 aliphatic heterocycles. The summed E-state index contributed by atoms with van der Waals surface area (Å²) in [4.78, 5) is 4.25. The fourth-order valence-electron chi connectivity index (χ4n) is 1.42. The molecule has 14 heavy (non-hydrogen) atoms. The van der Waals surface area contributed by atoms with Gasteiger partial charge >= 0.3 is 0 Å². The summed E-state index contributed by atoms with van der Waals surface area (Å²) in [7, 11) is 2.01. The minimum Gasteiger partial charge on any atom is -0.399 e. The van der Waals surface area contributed by atoms with E-state index in [1.165, 1.54) is 0 Å². The molecule has 1 aromatic carbocycles. The molecule has 0 radical (unpaired) electrons. The van der Waals surface area contributed by atoms with Crippen LogP contribution in [0.2, 0.25) is 0 Å². The predicted molar refractivity (Wildman–Crippen MR) is 57.8 cm³/mol. The normalized spacial score (nSPS) is 10.4. The van der Waals surface area contributed by atoms with Gasteiger partial charge in [0, 0.05) is 12.7 Å². The molecule has 0 bridgehead atoms. The van der Waals surface area contributed by atoms with Crippen LogP contribution < -0.4 is 5.73 Å². The minimum absolute atomic E-state index is 0.785. The third kappa shape index (κ3) is 1.37. The lowest BCUT2D eigenvalue weighted by molar-refractivity contribution is 0.865. The molecule has 0 aliphatic rings. The number of aromatic nitrogens is 2. The van der Waals surface area contributed by atoms with Crippen LogP contribution in [0, 0.1) is 6.92 Å². The quantitative estimate of drug-likeness (QED) is 0.694. The van der Waals surface area contributed by atoms with E-state index in [9.17, 15) is 0 Å². The number of imidazole rings is 1. The van der Waals surface area contributed by atoms with Gasteiger partial charge in [-0.25, -0.2) is 4.98 Å². The number of anilines is 1. The van der Waals surface area contributed by atoms with Gasteiger partial charge in [0.15, 0.2) is 0 Å². The Morgan fingerprint density at radius 1 is 1.21 bits per heavy atom. The molecule has 1 aromatic heterocycles. The number of hydrogen-bond donors (Lipinski definition) is 1. The third-order valence-electron chi connectivity index (χ3n) is 2.43. The summed E-state index contributed by atoms with van der Waals surface area (Å²) in [6, 6.07) is 7.81. The van der Waals surface area contributed by atoms with Crippen LogP contribution in [0.4, 0.5) is 5.69 Å². The van der Waals surface area contributed by atoms with Crippen molar-refractivity contribution in [3.8, 4) is 11.3 Å². The van der Waals surface area contributed by atoms with Gasteiger partial charge in [-0.2, -0.15) is 0 Å². The van der Waals surface area contributed by atoms with Crippen molar-refractivity contribution in [2.45, 2.75) is 6.92 Å². The van der Waals surface area contributed by atoms with Crippen molar-refractivity contribution in [1.82, 2.24) is 9.55 Å². The van der Waals surface area contributed by atoms with Crippen LogP contribution in [-0.4, -0.2) is 9.55 Å². The van der Waals surface area contributed by atoms with E-state index >= 15 is 0 Å². The van der Waals surface area contributed by atoms with E-state index in [2.05, 4.69) is 9.55 Å². The number of benzene rings is 1. The van der Waals surface area contributed by atoms with E-state index in [1.54, 1.807) is 0 Å². The molecule has 0 amide bonds. The van der Waals surface area contributed by atoms with Crippen LogP contribution in [0.3, 0.4) is 0 Å². The average molecular weight is 187 g/mol. The summed E-state index contributed by atoms with van der Waals surface area (Å²) >= 11 is 0. The second kappa shape index (κ2) is 3.18. The van der Waals surface area contributed by atoms with Crippen LogP contribution >= 0.6 is 0 Å². The second-order valence-electron chi connectivity index (χ2n) is 3.37. The van der Waals surface area contributed by atoms with Crippen molar-refractivity contribution in [2.75, 3.05) is 5.73 Å². The lowest BCUT2D eigenvalue weighted by Crippen LogP contribution is -1.94. The first-order valence-corrected chi connectivity index (χ1v) is 4.52. The molecule has 2 rings (SSSR count). The molecule has 0 unspecified atom stereocenters. The summed E-state index contributed by atoms with van der Waals surface area (Å²) < 4.78 is 2.06. The second-order valence-corrected chi connectivity index (χ2v) is 3.37. The highest BCUT2D eigenvalue weighted by atomic mass is 15.0. The lowest BCUT2D eigenvalue weighted by Gasteiger charge is -2.03. The highest BCUT2D eigenvalue weighted by Gasteiger charge is 2.04. The number of hydrogen-bond acceptors (Lipinski definition) is 2. The van der Waals surface area contributed by atoms with Gasteiger partial charge in [0.05, 0.1) is 11.9 Å². The smallest absolute Gasteiger partial charge is 0.105 e. The predicted octanol–water partition coefficient (Wildman–Crippen LogP) is 1.98. The third-order valence-corrected chi connectivity index (χ3v) is 2.43. The highest BCUT2D eigenvalue weighted by molar-refractivity contribution is 5.62. The average Bonchev–Trinajstić information content (AvgIpc) is 2.50. The standard InChI is InChI=1S/C11H13N3/c1-8-13-7-11(14(8)2)9-3-5-10(12)6-4-9/h3-7H,12H2,1-2H3. The van der Waals surface area contributed by atoms with Gasteiger partial charge < -0.3 is 10.3 Å². The number of rotatable bonds is 1. The van der Waals surface area contributed by atoms with E-state index in [0.29, 0.717) is 0 Å². The molecule has 72 valence electrons. The molecule has 2 aromatic rings. The SMILES string of the molecule is Cc1ncc(-c2ccc(N)cc2)n1C. The maximum atomic E-state index is 5.63. The van der Waals surface area contributed by atoms with Crippen molar-refractivity contribution in [3.05, 3.63) is 36.3 Å². The number of nitrogens with zero attached hydrogens (tertiary/aromatic N) is 2. The number of nitrogen functional groups attached to an aromatic ring is 1. The van der Waals surface area contributed by atoms with Gasteiger partial charge in [-0.15, -0.1) is 0 Å². The lowest BCUT2D eigenvalue weighted by atomic mass is 10.1. The Hall–Kier alpha value is -1.77. The van der Waals surface area contributed by atoms with Gasteiger partial charge in [0.2, 0.25) is 0 Å². The molecule has 2 N–H and O–H groups in total. The molecule has 0 saturated carbocycles. The van der Waals surface area contributed by atoms with Gasteiger partial charge in [-0.05, 0) is 24.6 Å². The fraction of sp³-hybridized carbons (Fsp3) is 0.182. The van der Waals surface area contributed by atoms with Crippen molar-refractivity contribution < 1.29 is 0 Å². The maximum absolute atomic E-state index is 5.63. The summed E-state index contributed by atoms with van der Waals surface area (Å²) in [6.07, 6.45) is 1.88. The molecule has 3 nitrogen and oxygen atoms in total. The van der Waals surface area contributed by atoms with Crippen molar-refractivity contribution in [3.63, 3.8) is 0 Å². The van der Waals surface area contributed by atoms with E-state index in [4.69, 9.17) is 5.73 Å². The molecule has 0 atom stereocenters. The first-order chi connectivity index (χ1) is 6.68. The van der Waals surface area contributed by atoms with Gasteiger partial charge in [-0.1, -0.05) is 12.1 Å². The van der Waals surface area contributed by atoms with Gasteiger partial charge in [0.1, 0.15) is 5.82 Å². The highest BCUT2D eigenvalue weighted by Crippen LogP contribution is 2.20. The monoisotopic (exact) mass is 187 g/mol. The molecule has 3 heteroatoms. The molecule has 0 aliphatic carbocycles. The molecule has 0 fully saturated rings. The maximum Gasteiger partial charge on any atom is 0.105 e. The Labute approximate surface area is 83.2 Å². The molecule has 0 spiro atoms. The Morgan fingerprint density at radius 3 is 2.36 bits per heavy atom. The van der Waals surface area contributed by atoms with Gasteiger partial charge in [0.25, 0.3) is 0 Å². The molecular weight excluding hydrogens is 174 g/mol. The van der Waals surface area contributed by atoms with Crippen molar-refractivity contribution in [2.24, 2.45) is 7.05 Å². The zero-order valence-electron chi connectivity index (χ0n) is 8.36. The van der Waals surface area contributed by atoms with E-state index in [1.807, 2.05) is 44.4 Å². The first kappa shape index (κ1) is 8.81. The van der Waals surface area contributed by atoms with Crippen molar-refractivity contribution in [1.29, 1.82) is 0 Å². The largest absolute Gasteiger partial charge is 0.399 e. The first-order valence-electron chi connectivity index (χ1n) is 4.52.